The van der Waals surface area contributed by atoms with Crippen molar-refractivity contribution in [2.24, 2.45) is 5.92 Å². The number of likely N-dealkylation sites (tertiary alicyclic amines) is 1. The van der Waals surface area contributed by atoms with Gasteiger partial charge in [-0.05, 0) is 43.0 Å². The number of likely N-dealkylation sites (N-methyl/N-ethyl adjacent to an activating group) is 1. The molecule has 0 radical (unpaired) electrons. The molecule has 5 rings (SSSR count). The molecule has 1 fully saturated rings. The number of nitrogens with zero attached hydrogens (tertiary/aromatic N) is 4. The summed E-state index contributed by atoms with van der Waals surface area (Å²) in [5.41, 5.74) is 4.31. The number of nitrogens with one attached hydrogen (secondary N) is 1. The van der Waals surface area contributed by atoms with Crippen molar-refractivity contribution in [3.63, 3.8) is 0 Å². The van der Waals surface area contributed by atoms with Crippen LogP contribution in [0.1, 0.15) is 23.5 Å². The summed E-state index contributed by atoms with van der Waals surface area (Å²) in [6, 6.07) is 7.35. The van der Waals surface area contributed by atoms with Gasteiger partial charge in [0, 0.05) is 42.1 Å². The summed E-state index contributed by atoms with van der Waals surface area (Å²) in [5, 5.41) is 5.76. The van der Waals surface area contributed by atoms with Crippen molar-refractivity contribution < 1.29 is 0 Å². The average molecular weight is 307 g/mol. The highest BCUT2D eigenvalue weighted by Gasteiger charge is 2.39. The Bertz CT molecular complexity index is 834. The number of benzene rings is 1. The molecule has 1 unspecified atom stereocenters. The number of rotatable bonds is 2. The van der Waals surface area contributed by atoms with E-state index < -0.39 is 0 Å². The van der Waals surface area contributed by atoms with Crippen LogP contribution in [0.5, 0.6) is 0 Å². The summed E-state index contributed by atoms with van der Waals surface area (Å²) in [4.78, 5) is 10.1. The lowest BCUT2D eigenvalue weighted by Crippen LogP contribution is -2.48. The third-order valence-corrected chi connectivity index (χ3v) is 5.72. The normalized spacial score (nSPS) is 27.3. The van der Waals surface area contributed by atoms with Crippen molar-refractivity contribution in [3.8, 4) is 0 Å². The number of aromatic amines is 1. The molecule has 1 aromatic carbocycles. The predicted octanol–water partition coefficient (Wildman–Crippen LogP) is 2.42. The van der Waals surface area contributed by atoms with Crippen LogP contribution in [-0.4, -0.2) is 44.3 Å². The molecule has 3 aromatic rings. The Balaban J connectivity index is 1.52. The van der Waals surface area contributed by atoms with E-state index in [1.165, 1.54) is 28.5 Å². The van der Waals surface area contributed by atoms with Crippen LogP contribution < -0.4 is 0 Å². The summed E-state index contributed by atoms with van der Waals surface area (Å²) in [5.74, 6) is 1.24. The lowest BCUT2D eigenvalue weighted by Gasteiger charge is -2.45. The maximum Gasteiger partial charge on any atom is 0.137 e. The highest BCUT2D eigenvalue weighted by Crippen LogP contribution is 2.44. The molecular weight excluding hydrogens is 286 g/mol. The number of piperidine rings is 1. The van der Waals surface area contributed by atoms with E-state index in [1.54, 1.807) is 6.33 Å². The number of hydrogen-bond acceptors (Lipinski definition) is 3. The second-order valence-electron chi connectivity index (χ2n) is 7.12. The lowest BCUT2D eigenvalue weighted by atomic mass is 9.72. The SMILES string of the molecule is CN1CC(Cn2cncn2)C[C@@H]2c3cccc4[nH]cc(c34)C[C@H]21. The second kappa shape index (κ2) is 4.93. The number of H-pyrrole nitrogens is 1. The smallest absolute Gasteiger partial charge is 0.137 e. The van der Waals surface area contributed by atoms with Gasteiger partial charge in [0.25, 0.3) is 0 Å². The summed E-state index contributed by atoms with van der Waals surface area (Å²) >= 11 is 0. The first-order valence-corrected chi connectivity index (χ1v) is 8.41. The van der Waals surface area contributed by atoms with Gasteiger partial charge in [0.05, 0.1) is 0 Å². The van der Waals surface area contributed by atoms with Crippen LogP contribution in [0.2, 0.25) is 0 Å². The van der Waals surface area contributed by atoms with Gasteiger partial charge in [0.1, 0.15) is 12.7 Å². The summed E-state index contributed by atoms with van der Waals surface area (Å²) in [6.45, 7) is 2.10. The largest absolute Gasteiger partial charge is 0.361 e. The Morgan fingerprint density at radius 3 is 3.17 bits per heavy atom. The first-order chi connectivity index (χ1) is 11.3. The van der Waals surface area contributed by atoms with Crippen LogP contribution in [0.25, 0.3) is 10.9 Å². The van der Waals surface area contributed by atoms with Crippen LogP contribution in [0.4, 0.5) is 0 Å². The molecule has 2 aromatic heterocycles. The van der Waals surface area contributed by atoms with Gasteiger partial charge in [0.2, 0.25) is 0 Å². The van der Waals surface area contributed by atoms with Gasteiger partial charge in [-0.25, -0.2) is 4.98 Å². The van der Waals surface area contributed by atoms with Crippen molar-refractivity contribution >= 4 is 10.9 Å². The van der Waals surface area contributed by atoms with E-state index in [9.17, 15) is 0 Å². The maximum atomic E-state index is 4.29. The zero-order valence-electron chi connectivity index (χ0n) is 13.3. The molecule has 1 aliphatic carbocycles. The zero-order chi connectivity index (χ0) is 15.4. The number of hydrogen-bond donors (Lipinski definition) is 1. The predicted molar refractivity (Wildman–Crippen MR) is 89.3 cm³/mol. The molecule has 5 nitrogen and oxygen atoms in total. The topological polar surface area (TPSA) is 49.7 Å². The molecular formula is C18H21N5. The fraction of sp³-hybridized carbons (Fsp3) is 0.444. The molecule has 0 amide bonds. The van der Waals surface area contributed by atoms with Crippen LogP contribution in [0.15, 0.2) is 37.1 Å². The monoisotopic (exact) mass is 307 g/mol. The molecule has 0 saturated carbocycles. The van der Waals surface area contributed by atoms with E-state index in [0.717, 1.165) is 19.5 Å². The van der Waals surface area contributed by atoms with Gasteiger partial charge in [-0.3, -0.25) is 4.68 Å². The van der Waals surface area contributed by atoms with Crippen molar-refractivity contribution in [2.75, 3.05) is 13.6 Å². The number of fused-ring (bicyclic) bond motifs is 2. The minimum Gasteiger partial charge on any atom is -0.361 e. The van der Waals surface area contributed by atoms with Crippen molar-refractivity contribution in [1.82, 2.24) is 24.6 Å². The Morgan fingerprint density at radius 1 is 1.35 bits per heavy atom. The molecule has 5 heteroatoms. The molecule has 1 aliphatic heterocycles. The molecule has 0 spiro atoms. The van der Waals surface area contributed by atoms with Gasteiger partial charge in [-0.15, -0.1) is 0 Å². The van der Waals surface area contributed by atoms with Gasteiger partial charge in [0.15, 0.2) is 0 Å². The van der Waals surface area contributed by atoms with Gasteiger partial charge in [-0.1, -0.05) is 12.1 Å². The maximum absolute atomic E-state index is 4.29. The van der Waals surface area contributed by atoms with Crippen LogP contribution in [0.3, 0.4) is 0 Å². The van der Waals surface area contributed by atoms with E-state index in [0.29, 0.717) is 17.9 Å². The van der Waals surface area contributed by atoms with Crippen LogP contribution >= 0.6 is 0 Å². The lowest BCUT2D eigenvalue weighted by molar-refractivity contribution is 0.102. The molecule has 2 aliphatic rings. The summed E-state index contributed by atoms with van der Waals surface area (Å²) < 4.78 is 1.98. The van der Waals surface area contributed by atoms with Crippen molar-refractivity contribution in [3.05, 3.63) is 48.2 Å². The van der Waals surface area contributed by atoms with Crippen LogP contribution in [0, 0.1) is 5.92 Å². The average Bonchev–Trinajstić information content (AvgIpc) is 3.20. The molecule has 23 heavy (non-hydrogen) atoms. The standard InChI is InChI=1S/C18H21N5/c1-22-8-12(9-23-11-19-10-21-23)5-15-14-3-2-4-16-18(14)13(7-20-16)6-17(15)22/h2-4,7,10-12,15,17,20H,5-6,8-9H2,1H3/t12?,15-,17-/m1/s1. The molecule has 1 N–H and O–H groups in total. The highest BCUT2D eigenvalue weighted by atomic mass is 15.3. The van der Waals surface area contributed by atoms with Crippen LogP contribution in [-0.2, 0) is 13.0 Å². The second-order valence-corrected chi connectivity index (χ2v) is 7.12. The Morgan fingerprint density at radius 2 is 2.30 bits per heavy atom. The Kier molecular flexibility index (Phi) is 2.85. The zero-order valence-corrected chi connectivity index (χ0v) is 13.3. The summed E-state index contributed by atoms with van der Waals surface area (Å²) in [7, 11) is 2.28. The molecule has 1 saturated heterocycles. The van der Waals surface area contributed by atoms with Gasteiger partial charge in [-0.2, -0.15) is 5.10 Å². The summed E-state index contributed by atoms with van der Waals surface area (Å²) in [6.07, 6.45) is 8.06. The van der Waals surface area contributed by atoms with Gasteiger partial charge < -0.3 is 9.88 Å². The van der Waals surface area contributed by atoms with Crippen molar-refractivity contribution in [1.29, 1.82) is 0 Å². The Labute approximate surface area is 135 Å². The van der Waals surface area contributed by atoms with E-state index >= 15 is 0 Å². The Hall–Kier alpha value is -2.14. The third-order valence-electron chi connectivity index (χ3n) is 5.72. The third kappa shape index (κ3) is 2.03. The first kappa shape index (κ1) is 13.3. The minimum absolute atomic E-state index is 0.620. The van der Waals surface area contributed by atoms with E-state index in [2.05, 4.69) is 51.4 Å². The first-order valence-electron chi connectivity index (χ1n) is 8.41. The quantitative estimate of drug-likeness (QED) is 0.791. The van der Waals surface area contributed by atoms with E-state index in [-0.39, 0.29) is 0 Å². The van der Waals surface area contributed by atoms with E-state index in [1.807, 2.05) is 11.0 Å². The minimum atomic E-state index is 0.620. The highest BCUT2D eigenvalue weighted by molar-refractivity contribution is 5.88. The number of aromatic nitrogens is 4. The molecule has 3 heterocycles. The fourth-order valence-corrected chi connectivity index (χ4v) is 4.78. The van der Waals surface area contributed by atoms with Gasteiger partial charge >= 0.3 is 0 Å². The molecule has 3 atom stereocenters. The molecule has 0 bridgehead atoms. The fourth-order valence-electron chi connectivity index (χ4n) is 4.78. The van der Waals surface area contributed by atoms with E-state index in [4.69, 9.17) is 0 Å². The van der Waals surface area contributed by atoms with Crippen molar-refractivity contribution in [2.45, 2.75) is 31.3 Å². The molecule has 118 valence electrons.